The highest BCUT2D eigenvalue weighted by Gasteiger charge is 2.06. The van der Waals surface area contributed by atoms with Gasteiger partial charge >= 0.3 is 0 Å². The van der Waals surface area contributed by atoms with E-state index in [0.717, 1.165) is 26.7 Å². The number of benzene rings is 2. The monoisotopic (exact) mass is 422 g/mol. The largest absolute Gasteiger partial charge is 0.489 e. The third-order valence-electron chi connectivity index (χ3n) is 2.56. The fourth-order valence-electron chi connectivity index (χ4n) is 1.59. The lowest BCUT2D eigenvalue weighted by atomic mass is 10.2. The fourth-order valence-corrected chi connectivity index (χ4v) is 2.90. The number of halogens is 4. The average molecular weight is 425 g/mol. The molecule has 0 saturated heterocycles. The molecule has 0 saturated carbocycles. The first-order valence-electron chi connectivity index (χ1n) is 5.51. The van der Waals surface area contributed by atoms with E-state index in [2.05, 4.69) is 31.9 Å². The van der Waals surface area contributed by atoms with Gasteiger partial charge in [0.2, 0.25) is 0 Å². The Morgan fingerprint density at radius 2 is 1.79 bits per heavy atom. The van der Waals surface area contributed by atoms with Crippen LogP contribution in [0.15, 0.2) is 40.9 Å². The summed E-state index contributed by atoms with van der Waals surface area (Å²) < 4.78 is 6.84. The lowest BCUT2D eigenvalue weighted by molar-refractivity contribution is 0.304. The van der Waals surface area contributed by atoms with Crippen molar-refractivity contribution in [3.05, 3.63) is 62.0 Å². The molecular weight excluding hydrogens is 415 g/mol. The number of alkyl halides is 1. The summed E-state index contributed by atoms with van der Waals surface area (Å²) in [5, 5.41) is 1.97. The molecule has 0 aromatic heterocycles. The standard InChI is InChI=1S/C14H10Br2Cl2O/c15-7-10-5-11(16)2-4-14(10)19-8-9-1-3-12(17)6-13(9)18/h1-6H,7-8H2. The number of hydrogen-bond acceptors (Lipinski definition) is 1. The molecule has 0 spiro atoms. The number of hydrogen-bond donors (Lipinski definition) is 0. The van der Waals surface area contributed by atoms with Crippen molar-refractivity contribution >= 4 is 55.1 Å². The summed E-state index contributed by atoms with van der Waals surface area (Å²) in [6.07, 6.45) is 0. The van der Waals surface area contributed by atoms with Crippen LogP contribution in [0.4, 0.5) is 0 Å². The van der Waals surface area contributed by atoms with Crippen molar-refractivity contribution in [2.45, 2.75) is 11.9 Å². The molecule has 0 aliphatic rings. The minimum atomic E-state index is 0.414. The van der Waals surface area contributed by atoms with Crippen LogP contribution in [-0.4, -0.2) is 0 Å². The maximum atomic E-state index is 6.11. The maximum Gasteiger partial charge on any atom is 0.123 e. The molecule has 0 heterocycles. The van der Waals surface area contributed by atoms with Crippen LogP contribution in [0.2, 0.25) is 10.0 Å². The molecule has 0 bridgehead atoms. The second-order valence-electron chi connectivity index (χ2n) is 3.91. The molecule has 0 aliphatic carbocycles. The van der Waals surface area contributed by atoms with E-state index in [0.29, 0.717) is 16.7 Å². The molecular formula is C14H10Br2Cl2O. The van der Waals surface area contributed by atoms with Gasteiger partial charge in [0.25, 0.3) is 0 Å². The molecule has 0 fully saturated rings. The van der Waals surface area contributed by atoms with Gasteiger partial charge in [-0.1, -0.05) is 61.1 Å². The van der Waals surface area contributed by atoms with E-state index < -0.39 is 0 Å². The Hall–Kier alpha value is -0.220. The van der Waals surface area contributed by atoms with Crippen LogP contribution in [0.3, 0.4) is 0 Å². The van der Waals surface area contributed by atoms with Crippen LogP contribution in [0.1, 0.15) is 11.1 Å². The van der Waals surface area contributed by atoms with Crippen LogP contribution in [-0.2, 0) is 11.9 Å². The topological polar surface area (TPSA) is 9.23 Å². The highest BCUT2D eigenvalue weighted by Crippen LogP contribution is 2.27. The normalized spacial score (nSPS) is 10.5. The molecule has 2 aromatic carbocycles. The zero-order valence-electron chi connectivity index (χ0n) is 9.80. The third kappa shape index (κ3) is 4.12. The lowest BCUT2D eigenvalue weighted by Gasteiger charge is -2.11. The van der Waals surface area contributed by atoms with Gasteiger partial charge in [0, 0.05) is 31.0 Å². The number of ether oxygens (including phenoxy) is 1. The van der Waals surface area contributed by atoms with Gasteiger partial charge in [0.15, 0.2) is 0 Å². The molecule has 0 amide bonds. The van der Waals surface area contributed by atoms with E-state index >= 15 is 0 Å². The average Bonchev–Trinajstić information content (AvgIpc) is 2.39. The summed E-state index contributed by atoms with van der Waals surface area (Å²) in [5.74, 6) is 0.839. The molecule has 0 unspecified atom stereocenters. The predicted molar refractivity (Wildman–Crippen MR) is 87.6 cm³/mol. The molecule has 100 valence electrons. The van der Waals surface area contributed by atoms with E-state index in [1.165, 1.54) is 0 Å². The molecule has 2 aromatic rings. The van der Waals surface area contributed by atoms with Crippen LogP contribution in [0, 0.1) is 0 Å². The second-order valence-corrected chi connectivity index (χ2v) is 6.23. The van der Waals surface area contributed by atoms with Crippen LogP contribution < -0.4 is 4.74 Å². The number of rotatable bonds is 4. The molecule has 5 heteroatoms. The first-order valence-corrected chi connectivity index (χ1v) is 8.18. The van der Waals surface area contributed by atoms with Crippen LogP contribution in [0.5, 0.6) is 5.75 Å². The minimum Gasteiger partial charge on any atom is -0.489 e. The predicted octanol–water partition coefficient (Wildman–Crippen LogP) is 6.23. The van der Waals surface area contributed by atoms with Gasteiger partial charge in [-0.2, -0.15) is 0 Å². The summed E-state index contributed by atoms with van der Waals surface area (Å²) in [6.45, 7) is 0.414. The Morgan fingerprint density at radius 3 is 2.47 bits per heavy atom. The highest BCUT2D eigenvalue weighted by molar-refractivity contribution is 9.10. The second kappa shape index (κ2) is 6.98. The van der Waals surface area contributed by atoms with Crippen molar-refractivity contribution in [2.75, 3.05) is 0 Å². The Labute approximate surface area is 139 Å². The molecule has 1 nitrogen and oxygen atoms in total. The smallest absolute Gasteiger partial charge is 0.123 e. The van der Waals surface area contributed by atoms with Crippen molar-refractivity contribution in [1.29, 1.82) is 0 Å². The zero-order chi connectivity index (χ0) is 13.8. The van der Waals surface area contributed by atoms with Crippen LogP contribution in [0.25, 0.3) is 0 Å². The first kappa shape index (κ1) is 15.2. The minimum absolute atomic E-state index is 0.414. The van der Waals surface area contributed by atoms with E-state index in [1.807, 2.05) is 24.3 Å². The first-order chi connectivity index (χ1) is 9.10. The molecule has 0 radical (unpaired) electrons. The molecule has 2 rings (SSSR count). The summed E-state index contributed by atoms with van der Waals surface area (Å²) in [6, 6.07) is 11.3. The zero-order valence-corrected chi connectivity index (χ0v) is 14.5. The third-order valence-corrected chi connectivity index (χ3v) is 4.25. The molecule has 0 atom stereocenters. The van der Waals surface area contributed by atoms with E-state index in [-0.39, 0.29) is 0 Å². The van der Waals surface area contributed by atoms with Crippen molar-refractivity contribution in [3.8, 4) is 5.75 Å². The molecule has 19 heavy (non-hydrogen) atoms. The van der Waals surface area contributed by atoms with Crippen molar-refractivity contribution in [1.82, 2.24) is 0 Å². The van der Waals surface area contributed by atoms with E-state index in [1.54, 1.807) is 12.1 Å². The highest BCUT2D eigenvalue weighted by atomic mass is 79.9. The van der Waals surface area contributed by atoms with E-state index in [9.17, 15) is 0 Å². The van der Waals surface area contributed by atoms with Gasteiger partial charge in [-0.25, -0.2) is 0 Å². The van der Waals surface area contributed by atoms with Gasteiger partial charge in [0.1, 0.15) is 12.4 Å². The lowest BCUT2D eigenvalue weighted by Crippen LogP contribution is -1.98. The SMILES string of the molecule is Clc1ccc(COc2ccc(Br)cc2CBr)c(Cl)c1. The Bertz CT molecular complexity index is 588. The Balaban J connectivity index is 2.14. The van der Waals surface area contributed by atoms with Gasteiger partial charge in [-0.05, 0) is 30.3 Å². The van der Waals surface area contributed by atoms with Crippen molar-refractivity contribution in [2.24, 2.45) is 0 Å². The van der Waals surface area contributed by atoms with Gasteiger partial charge in [-0.15, -0.1) is 0 Å². The van der Waals surface area contributed by atoms with Gasteiger partial charge in [0.05, 0.1) is 0 Å². The fraction of sp³-hybridized carbons (Fsp3) is 0.143. The Kier molecular flexibility index (Phi) is 5.58. The maximum absolute atomic E-state index is 6.11. The summed E-state index contributed by atoms with van der Waals surface area (Å²) >= 11 is 18.9. The van der Waals surface area contributed by atoms with E-state index in [4.69, 9.17) is 27.9 Å². The van der Waals surface area contributed by atoms with Crippen molar-refractivity contribution < 1.29 is 4.74 Å². The van der Waals surface area contributed by atoms with Crippen molar-refractivity contribution in [3.63, 3.8) is 0 Å². The summed E-state index contributed by atoms with van der Waals surface area (Å²) in [4.78, 5) is 0. The van der Waals surface area contributed by atoms with Gasteiger partial charge < -0.3 is 4.74 Å². The molecule has 0 N–H and O–H groups in total. The van der Waals surface area contributed by atoms with Gasteiger partial charge in [-0.3, -0.25) is 0 Å². The Morgan fingerprint density at radius 1 is 1.00 bits per heavy atom. The van der Waals surface area contributed by atoms with Crippen LogP contribution >= 0.6 is 55.1 Å². The summed E-state index contributed by atoms with van der Waals surface area (Å²) in [5.41, 5.74) is 1.99. The summed E-state index contributed by atoms with van der Waals surface area (Å²) in [7, 11) is 0. The quantitative estimate of drug-likeness (QED) is 0.528. The molecule has 0 aliphatic heterocycles.